The molecule has 0 fully saturated rings. The molecule has 0 radical (unpaired) electrons. The molecule has 96 valence electrons. The Labute approximate surface area is 106 Å². The van der Waals surface area contributed by atoms with E-state index < -0.39 is 0 Å². The van der Waals surface area contributed by atoms with Crippen molar-refractivity contribution < 1.29 is 4.79 Å². The third-order valence-electron chi connectivity index (χ3n) is 2.39. The van der Waals surface area contributed by atoms with Crippen LogP contribution < -0.4 is 11.1 Å². The molecular formula is C11H20N4OS. The van der Waals surface area contributed by atoms with Crippen LogP contribution in [0.15, 0.2) is 6.20 Å². The monoisotopic (exact) mass is 256 g/mol. The fraction of sp³-hybridized carbons (Fsp3) is 0.636. The number of amides is 1. The number of carbonyl (C=O) groups excluding carboxylic acids is 1. The van der Waals surface area contributed by atoms with Crippen molar-refractivity contribution >= 4 is 23.4 Å². The number of hydrogen-bond acceptors (Lipinski definition) is 4. The molecule has 0 aromatic carbocycles. The fourth-order valence-corrected chi connectivity index (χ4v) is 2.16. The number of nitrogens with two attached hydrogens (primary N) is 1. The lowest BCUT2D eigenvalue weighted by atomic mass is 10.2. The molecule has 0 bridgehead atoms. The maximum atomic E-state index is 11.8. The predicted molar refractivity (Wildman–Crippen MR) is 72.2 cm³/mol. The second-order valence-electron chi connectivity index (χ2n) is 4.06. The Morgan fingerprint density at radius 1 is 1.71 bits per heavy atom. The molecule has 0 saturated heterocycles. The van der Waals surface area contributed by atoms with Gasteiger partial charge in [0.2, 0.25) is 0 Å². The second-order valence-corrected chi connectivity index (χ2v) is 4.97. The quantitative estimate of drug-likeness (QED) is 0.802. The van der Waals surface area contributed by atoms with E-state index in [2.05, 4.69) is 23.6 Å². The molecule has 1 amide bonds. The molecule has 0 aliphatic rings. The topological polar surface area (TPSA) is 72.9 Å². The van der Waals surface area contributed by atoms with Gasteiger partial charge in [-0.05, 0) is 24.9 Å². The van der Waals surface area contributed by atoms with Crippen molar-refractivity contribution in [3.8, 4) is 0 Å². The number of aromatic nitrogens is 2. The molecule has 1 heterocycles. The number of thioether (sulfide) groups is 1. The predicted octanol–water partition coefficient (Wildman–Crippen LogP) is 1.21. The van der Waals surface area contributed by atoms with E-state index in [4.69, 9.17) is 5.73 Å². The minimum atomic E-state index is -0.192. The minimum absolute atomic E-state index is 0.192. The van der Waals surface area contributed by atoms with Crippen molar-refractivity contribution in [2.45, 2.75) is 20.4 Å². The van der Waals surface area contributed by atoms with E-state index in [0.29, 0.717) is 30.4 Å². The fourth-order valence-electron chi connectivity index (χ4n) is 1.47. The summed E-state index contributed by atoms with van der Waals surface area (Å²) in [6.07, 6.45) is 3.74. The van der Waals surface area contributed by atoms with Crippen molar-refractivity contribution in [2.24, 2.45) is 5.92 Å². The standard InChI is InChI=1S/C11H20N4OS/c1-4-15-6-9(12)10(14-15)11(16)13-5-8(2)7-17-3/h6,8H,4-5,7,12H2,1-3H3,(H,13,16). The lowest BCUT2D eigenvalue weighted by molar-refractivity contribution is 0.0944. The molecule has 1 aromatic rings. The Bertz CT molecular complexity index is 378. The molecule has 0 aliphatic heterocycles. The number of nitrogen functional groups attached to an aromatic ring is 1. The Hall–Kier alpha value is -1.17. The summed E-state index contributed by atoms with van der Waals surface area (Å²) in [6, 6.07) is 0. The second kappa shape index (κ2) is 6.54. The Morgan fingerprint density at radius 3 is 2.94 bits per heavy atom. The van der Waals surface area contributed by atoms with Gasteiger partial charge in [0.15, 0.2) is 5.69 Å². The average molecular weight is 256 g/mol. The highest BCUT2D eigenvalue weighted by molar-refractivity contribution is 7.98. The summed E-state index contributed by atoms with van der Waals surface area (Å²) >= 11 is 1.77. The van der Waals surface area contributed by atoms with Gasteiger partial charge in [0, 0.05) is 19.3 Å². The summed E-state index contributed by atoms with van der Waals surface area (Å²) in [5, 5.41) is 6.98. The van der Waals surface area contributed by atoms with E-state index in [1.165, 1.54) is 0 Å². The highest BCUT2D eigenvalue weighted by atomic mass is 32.2. The van der Waals surface area contributed by atoms with Gasteiger partial charge >= 0.3 is 0 Å². The molecule has 1 unspecified atom stereocenters. The van der Waals surface area contributed by atoms with Gasteiger partial charge in [-0.25, -0.2) is 0 Å². The van der Waals surface area contributed by atoms with E-state index >= 15 is 0 Å². The number of aryl methyl sites for hydroxylation is 1. The third kappa shape index (κ3) is 3.96. The van der Waals surface area contributed by atoms with Crippen molar-refractivity contribution in [3.05, 3.63) is 11.9 Å². The molecule has 3 N–H and O–H groups in total. The van der Waals surface area contributed by atoms with Crippen molar-refractivity contribution in [1.29, 1.82) is 0 Å². The molecule has 17 heavy (non-hydrogen) atoms. The van der Waals surface area contributed by atoms with Crippen LogP contribution in [0.4, 0.5) is 5.69 Å². The van der Waals surface area contributed by atoms with E-state index in [1.54, 1.807) is 22.6 Å². The van der Waals surface area contributed by atoms with Gasteiger partial charge in [0.05, 0.1) is 5.69 Å². The zero-order valence-corrected chi connectivity index (χ0v) is 11.4. The largest absolute Gasteiger partial charge is 0.396 e. The molecule has 1 rings (SSSR count). The lowest BCUT2D eigenvalue weighted by Gasteiger charge is -2.10. The van der Waals surface area contributed by atoms with Gasteiger partial charge in [-0.1, -0.05) is 6.92 Å². The zero-order chi connectivity index (χ0) is 12.8. The molecule has 1 atom stereocenters. The van der Waals surface area contributed by atoms with E-state index in [-0.39, 0.29) is 5.91 Å². The number of nitrogens with one attached hydrogen (secondary N) is 1. The number of carbonyl (C=O) groups is 1. The zero-order valence-electron chi connectivity index (χ0n) is 10.6. The molecule has 0 aliphatic carbocycles. The van der Waals surface area contributed by atoms with Crippen LogP contribution in [-0.2, 0) is 6.54 Å². The lowest BCUT2D eigenvalue weighted by Crippen LogP contribution is -2.30. The summed E-state index contributed by atoms with van der Waals surface area (Å²) in [4.78, 5) is 11.8. The maximum Gasteiger partial charge on any atom is 0.273 e. The highest BCUT2D eigenvalue weighted by Gasteiger charge is 2.14. The molecule has 1 aromatic heterocycles. The van der Waals surface area contributed by atoms with Crippen LogP contribution in [0.2, 0.25) is 0 Å². The highest BCUT2D eigenvalue weighted by Crippen LogP contribution is 2.09. The maximum absolute atomic E-state index is 11.8. The average Bonchev–Trinajstić information content (AvgIpc) is 2.68. The smallest absolute Gasteiger partial charge is 0.273 e. The first kappa shape index (κ1) is 13.9. The summed E-state index contributed by atoms with van der Waals surface area (Å²) in [5.41, 5.74) is 6.49. The molecular weight excluding hydrogens is 236 g/mol. The first-order chi connectivity index (χ1) is 8.08. The summed E-state index contributed by atoms with van der Waals surface area (Å²) in [5.74, 6) is 1.28. The summed E-state index contributed by atoms with van der Waals surface area (Å²) in [6.45, 7) is 5.41. The molecule has 0 spiro atoms. The van der Waals surface area contributed by atoms with Crippen molar-refractivity contribution in [2.75, 3.05) is 24.3 Å². The van der Waals surface area contributed by atoms with Crippen LogP contribution in [0.25, 0.3) is 0 Å². The van der Waals surface area contributed by atoms with E-state index in [0.717, 1.165) is 5.75 Å². The Kier molecular flexibility index (Phi) is 5.34. The number of rotatable bonds is 6. The number of anilines is 1. The van der Waals surface area contributed by atoms with Gasteiger partial charge in [-0.15, -0.1) is 0 Å². The van der Waals surface area contributed by atoms with Crippen LogP contribution in [0, 0.1) is 5.92 Å². The van der Waals surface area contributed by atoms with E-state index in [1.807, 2.05) is 6.92 Å². The normalized spacial score (nSPS) is 12.4. The van der Waals surface area contributed by atoms with Crippen LogP contribution in [-0.4, -0.2) is 34.2 Å². The van der Waals surface area contributed by atoms with Crippen LogP contribution in [0.5, 0.6) is 0 Å². The SMILES string of the molecule is CCn1cc(N)c(C(=O)NCC(C)CSC)n1. The summed E-state index contributed by atoms with van der Waals surface area (Å²) < 4.78 is 1.66. The van der Waals surface area contributed by atoms with Gasteiger partial charge in [0.1, 0.15) is 0 Å². The Morgan fingerprint density at radius 2 is 2.41 bits per heavy atom. The first-order valence-electron chi connectivity index (χ1n) is 5.68. The van der Waals surface area contributed by atoms with Crippen LogP contribution >= 0.6 is 11.8 Å². The van der Waals surface area contributed by atoms with Crippen molar-refractivity contribution in [1.82, 2.24) is 15.1 Å². The molecule has 6 heteroatoms. The minimum Gasteiger partial charge on any atom is -0.396 e. The third-order valence-corrected chi connectivity index (χ3v) is 3.29. The van der Waals surface area contributed by atoms with Gasteiger partial charge < -0.3 is 11.1 Å². The van der Waals surface area contributed by atoms with Gasteiger partial charge in [-0.2, -0.15) is 16.9 Å². The van der Waals surface area contributed by atoms with Crippen molar-refractivity contribution in [3.63, 3.8) is 0 Å². The van der Waals surface area contributed by atoms with Gasteiger partial charge in [-0.3, -0.25) is 9.48 Å². The summed E-state index contributed by atoms with van der Waals surface area (Å²) in [7, 11) is 0. The number of nitrogens with zero attached hydrogens (tertiary/aromatic N) is 2. The van der Waals surface area contributed by atoms with Gasteiger partial charge in [0.25, 0.3) is 5.91 Å². The number of hydrogen-bond donors (Lipinski definition) is 2. The molecule has 5 nitrogen and oxygen atoms in total. The first-order valence-corrected chi connectivity index (χ1v) is 7.07. The van der Waals surface area contributed by atoms with E-state index in [9.17, 15) is 4.79 Å². The Balaban J connectivity index is 2.54. The van der Waals surface area contributed by atoms with Crippen LogP contribution in [0.1, 0.15) is 24.3 Å². The van der Waals surface area contributed by atoms with Crippen LogP contribution in [0.3, 0.4) is 0 Å². The molecule has 0 saturated carbocycles.